The molecule has 0 bridgehead atoms. The van der Waals surface area contributed by atoms with Crippen LogP contribution < -0.4 is 0 Å². The van der Waals surface area contributed by atoms with Crippen molar-refractivity contribution in [3.63, 3.8) is 0 Å². The molecule has 0 heterocycles. The van der Waals surface area contributed by atoms with Crippen molar-refractivity contribution in [1.29, 1.82) is 0 Å². The lowest BCUT2D eigenvalue weighted by Crippen LogP contribution is -2.37. The summed E-state index contributed by atoms with van der Waals surface area (Å²) in [5.41, 5.74) is 1.44. The number of ether oxygens (including phenoxy) is 1. The Morgan fingerprint density at radius 1 is 1.09 bits per heavy atom. The van der Waals surface area contributed by atoms with Gasteiger partial charge < -0.3 is 25.2 Å². The molecule has 0 aliphatic carbocycles. The van der Waals surface area contributed by atoms with E-state index < -0.39 is 17.5 Å². The fraction of sp³-hybridized carbons (Fsp3) is 0.346. The van der Waals surface area contributed by atoms with Gasteiger partial charge in [0.05, 0.1) is 17.3 Å². The lowest BCUT2D eigenvalue weighted by molar-refractivity contribution is -0.0797. The second-order valence-corrected chi connectivity index (χ2v) is 8.37. The third-order valence-electron chi connectivity index (χ3n) is 5.64. The minimum absolute atomic E-state index is 0.0915. The summed E-state index contributed by atoms with van der Waals surface area (Å²) >= 11 is 0. The highest BCUT2D eigenvalue weighted by Gasteiger charge is 2.26. The van der Waals surface area contributed by atoms with Crippen LogP contribution in [0.25, 0.3) is 6.08 Å². The van der Waals surface area contributed by atoms with Crippen LogP contribution >= 0.6 is 0 Å². The molecule has 0 amide bonds. The lowest BCUT2D eigenvalue weighted by atomic mass is 9.94. The van der Waals surface area contributed by atoms with E-state index in [2.05, 4.69) is 0 Å². The number of benzene rings is 2. The van der Waals surface area contributed by atoms with Crippen molar-refractivity contribution in [2.45, 2.75) is 51.7 Å². The molecule has 172 valence electrons. The number of aliphatic hydroxyl groups excluding tert-OH is 1. The molecule has 0 saturated heterocycles. The quantitative estimate of drug-likeness (QED) is 0.241. The summed E-state index contributed by atoms with van der Waals surface area (Å²) in [5.74, 6) is -0.613. The van der Waals surface area contributed by atoms with Crippen molar-refractivity contribution in [3.05, 3.63) is 70.8 Å². The van der Waals surface area contributed by atoms with Crippen molar-refractivity contribution >= 4 is 11.9 Å². The van der Waals surface area contributed by atoms with Crippen molar-refractivity contribution in [3.8, 4) is 17.2 Å². The molecule has 0 aliphatic rings. The maximum atomic E-state index is 12.6. The summed E-state index contributed by atoms with van der Waals surface area (Å²) < 4.78 is 5.30. The van der Waals surface area contributed by atoms with Gasteiger partial charge in [0.25, 0.3) is 0 Å². The maximum Gasteiger partial charge on any atom is 0.189 e. The predicted molar refractivity (Wildman–Crippen MR) is 125 cm³/mol. The Morgan fingerprint density at radius 2 is 1.75 bits per heavy atom. The number of ketones is 1. The van der Waals surface area contributed by atoms with E-state index >= 15 is 0 Å². The minimum Gasteiger partial charge on any atom is -0.508 e. The topological polar surface area (TPSA) is 107 Å². The summed E-state index contributed by atoms with van der Waals surface area (Å²) in [6, 6.07) is 9.15. The third kappa shape index (κ3) is 6.70. The zero-order valence-electron chi connectivity index (χ0n) is 19.0. The van der Waals surface area contributed by atoms with Crippen molar-refractivity contribution in [1.82, 2.24) is 0 Å². The Bertz CT molecular complexity index is 986. The molecule has 2 aromatic carbocycles. The Labute approximate surface area is 189 Å². The first-order chi connectivity index (χ1) is 15.0. The molecule has 32 heavy (non-hydrogen) atoms. The van der Waals surface area contributed by atoms with Gasteiger partial charge in [0.1, 0.15) is 17.2 Å². The SMILES string of the molecule is COC(C)(C)[C@H](O)CC/C(C)=C/Cc1c(O)ccc(C(=O)/C=C/c2ccc(O)cc2)c1O. The molecule has 6 nitrogen and oxygen atoms in total. The van der Waals surface area contributed by atoms with E-state index in [1.165, 1.54) is 30.3 Å². The molecule has 6 heteroatoms. The molecule has 0 fully saturated rings. The lowest BCUT2D eigenvalue weighted by Gasteiger charge is -2.29. The van der Waals surface area contributed by atoms with E-state index in [0.29, 0.717) is 12.8 Å². The molecule has 0 aliphatic heterocycles. The van der Waals surface area contributed by atoms with Crippen molar-refractivity contribution in [2.75, 3.05) is 7.11 Å². The summed E-state index contributed by atoms with van der Waals surface area (Å²) in [6.07, 6.45) is 5.55. The number of carbonyl (C=O) groups is 1. The summed E-state index contributed by atoms with van der Waals surface area (Å²) in [4.78, 5) is 12.6. The molecular formula is C26H32O6. The molecule has 4 N–H and O–H groups in total. The van der Waals surface area contributed by atoms with E-state index in [-0.39, 0.29) is 34.8 Å². The molecule has 0 radical (unpaired) electrons. The van der Waals surface area contributed by atoms with Gasteiger partial charge in [0.15, 0.2) is 5.78 Å². The maximum absolute atomic E-state index is 12.6. The van der Waals surface area contributed by atoms with Crippen molar-refractivity contribution < 1.29 is 30.0 Å². The van der Waals surface area contributed by atoms with Gasteiger partial charge in [-0.2, -0.15) is 0 Å². The minimum atomic E-state index is -0.640. The van der Waals surface area contributed by atoms with Gasteiger partial charge in [-0.15, -0.1) is 0 Å². The van der Waals surface area contributed by atoms with Gasteiger partial charge in [-0.3, -0.25) is 4.79 Å². The molecule has 1 atom stereocenters. The van der Waals surface area contributed by atoms with Crippen LogP contribution in [0.15, 0.2) is 54.1 Å². The van der Waals surface area contributed by atoms with E-state index in [1.807, 2.05) is 26.8 Å². The highest BCUT2D eigenvalue weighted by Crippen LogP contribution is 2.32. The van der Waals surface area contributed by atoms with Crippen LogP contribution in [0.4, 0.5) is 0 Å². The summed E-state index contributed by atoms with van der Waals surface area (Å²) in [7, 11) is 1.56. The highest BCUT2D eigenvalue weighted by atomic mass is 16.5. The van der Waals surface area contributed by atoms with E-state index in [1.54, 1.807) is 25.3 Å². The first-order valence-corrected chi connectivity index (χ1v) is 10.5. The monoisotopic (exact) mass is 440 g/mol. The number of hydrogen-bond donors (Lipinski definition) is 4. The number of hydrogen-bond acceptors (Lipinski definition) is 6. The molecule has 2 aromatic rings. The van der Waals surface area contributed by atoms with E-state index in [9.17, 15) is 25.2 Å². The Hall–Kier alpha value is -3.09. The molecule has 0 spiro atoms. The van der Waals surface area contributed by atoms with Crippen LogP contribution in [0.5, 0.6) is 17.2 Å². The number of rotatable bonds is 10. The number of carbonyl (C=O) groups excluding carboxylic acids is 1. The largest absolute Gasteiger partial charge is 0.508 e. The zero-order valence-corrected chi connectivity index (χ0v) is 19.0. The van der Waals surface area contributed by atoms with Gasteiger partial charge in [0, 0.05) is 12.7 Å². The average molecular weight is 441 g/mol. The normalized spacial score (nSPS) is 13.5. The number of phenolic OH excluding ortho intramolecular Hbond substituents is 3. The van der Waals surface area contributed by atoms with E-state index in [0.717, 1.165) is 11.1 Å². The van der Waals surface area contributed by atoms with Crippen LogP contribution in [0.2, 0.25) is 0 Å². The first kappa shape index (κ1) is 25.2. The van der Waals surface area contributed by atoms with Gasteiger partial charge in [-0.05, 0) is 75.9 Å². The van der Waals surface area contributed by atoms with Crippen LogP contribution in [0, 0.1) is 0 Å². The second kappa shape index (κ2) is 11.0. The number of allylic oxidation sites excluding steroid dienone is 3. The smallest absolute Gasteiger partial charge is 0.189 e. The van der Waals surface area contributed by atoms with Gasteiger partial charge in [-0.1, -0.05) is 29.9 Å². The van der Waals surface area contributed by atoms with Crippen LogP contribution in [0.3, 0.4) is 0 Å². The van der Waals surface area contributed by atoms with Gasteiger partial charge >= 0.3 is 0 Å². The average Bonchev–Trinajstić information content (AvgIpc) is 2.76. The highest BCUT2D eigenvalue weighted by molar-refractivity contribution is 6.09. The second-order valence-electron chi connectivity index (χ2n) is 8.37. The van der Waals surface area contributed by atoms with Crippen LogP contribution in [-0.2, 0) is 11.2 Å². The number of aromatic hydroxyl groups is 3. The molecule has 0 saturated carbocycles. The van der Waals surface area contributed by atoms with Crippen LogP contribution in [0.1, 0.15) is 55.1 Å². The summed E-state index contributed by atoms with van der Waals surface area (Å²) in [6.45, 7) is 5.56. The van der Waals surface area contributed by atoms with Crippen LogP contribution in [-0.4, -0.2) is 45.0 Å². The Kier molecular flexibility index (Phi) is 8.63. The van der Waals surface area contributed by atoms with Gasteiger partial charge in [-0.25, -0.2) is 0 Å². The summed E-state index contributed by atoms with van der Waals surface area (Å²) in [5, 5.41) is 40.4. The van der Waals surface area contributed by atoms with Crippen molar-refractivity contribution in [2.24, 2.45) is 0 Å². The number of aliphatic hydroxyl groups is 1. The Morgan fingerprint density at radius 3 is 2.38 bits per heavy atom. The number of phenols is 3. The van der Waals surface area contributed by atoms with E-state index in [4.69, 9.17) is 4.74 Å². The molecule has 2 rings (SSSR count). The third-order valence-corrected chi connectivity index (χ3v) is 5.64. The molecular weight excluding hydrogens is 408 g/mol. The molecule has 0 aromatic heterocycles. The first-order valence-electron chi connectivity index (χ1n) is 10.5. The van der Waals surface area contributed by atoms with Gasteiger partial charge in [0.2, 0.25) is 0 Å². The predicted octanol–water partition coefficient (Wildman–Crippen LogP) is 4.75. The number of methoxy groups -OCH3 is 1. The fourth-order valence-corrected chi connectivity index (χ4v) is 3.10. The standard InChI is InChI=1S/C26H32O6/c1-17(6-16-24(30)26(2,3)32-4)5-12-20-23(29)15-13-21(25(20)31)22(28)14-9-18-7-10-19(27)11-8-18/h5,7-11,13-15,24,27,29-31H,6,12,16H2,1-4H3/b14-9+,17-5+/t24-/m1/s1. The fourth-order valence-electron chi connectivity index (χ4n) is 3.10. The zero-order chi connectivity index (χ0) is 23.9. The molecule has 0 unspecified atom stereocenters. The Balaban J connectivity index is 2.11.